The molecule has 1 unspecified atom stereocenters. The Morgan fingerprint density at radius 2 is 2.13 bits per heavy atom. The fraction of sp³-hybridized carbons (Fsp3) is 0.400. The molecule has 0 bridgehead atoms. The molecular weight excluding hydrogens is 226 g/mol. The molecular formula is C10H9ClF2O2. The van der Waals surface area contributed by atoms with Gasteiger partial charge in [-0.3, -0.25) is 0 Å². The van der Waals surface area contributed by atoms with Crippen LogP contribution in [0.2, 0.25) is 5.02 Å². The van der Waals surface area contributed by atoms with Gasteiger partial charge in [0.25, 0.3) is 0 Å². The van der Waals surface area contributed by atoms with E-state index in [1.807, 2.05) is 0 Å². The van der Waals surface area contributed by atoms with Crippen LogP contribution >= 0.6 is 11.6 Å². The molecule has 1 aliphatic rings. The molecule has 1 N–H and O–H groups in total. The Labute approximate surface area is 90.4 Å². The Kier molecular flexibility index (Phi) is 2.66. The third-order valence-corrected chi connectivity index (χ3v) is 2.85. The Hall–Kier alpha value is -0.710. The minimum absolute atomic E-state index is 0.0578. The summed E-state index contributed by atoms with van der Waals surface area (Å²) < 4.78 is 31.5. The van der Waals surface area contributed by atoms with Crippen LogP contribution in [-0.4, -0.2) is 24.0 Å². The van der Waals surface area contributed by atoms with Gasteiger partial charge in [-0.25, -0.2) is 8.78 Å². The van der Waals surface area contributed by atoms with Crippen molar-refractivity contribution in [3.63, 3.8) is 0 Å². The van der Waals surface area contributed by atoms with E-state index in [1.54, 1.807) is 0 Å². The molecule has 1 heterocycles. The van der Waals surface area contributed by atoms with Gasteiger partial charge in [0.15, 0.2) is 5.67 Å². The molecule has 0 radical (unpaired) electrons. The summed E-state index contributed by atoms with van der Waals surface area (Å²) in [5, 5.41) is 9.46. The molecule has 1 aromatic carbocycles. The van der Waals surface area contributed by atoms with Crippen LogP contribution in [0.15, 0.2) is 18.2 Å². The van der Waals surface area contributed by atoms with Crippen molar-refractivity contribution in [1.82, 2.24) is 0 Å². The summed E-state index contributed by atoms with van der Waals surface area (Å²) in [4.78, 5) is 0. The third-order valence-electron chi connectivity index (χ3n) is 2.45. The van der Waals surface area contributed by atoms with Crippen molar-refractivity contribution in [2.45, 2.75) is 11.8 Å². The molecule has 82 valence electrons. The minimum Gasteiger partial charge on any atom is -0.385 e. The molecule has 0 amide bonds. The van der Waals surface area contributed by atoms with Gasteiger partial charge in [-0.1, -0.05) is 23.7 Å². The summed E-state index contributed by atoms with van der Waals surface area (Å²) in [5.41, 5.74) is -1.79. The fourth-order valence-corrected chi connectivity index (χ4v) is 1.69. The SMILES string of the molecule is OC(c1cccc(F)c1Cl)C1(F)COC1. The van der Waals surface area contributed by atoms with E-state index in [-0.39, 0.29) is 23.8 Å². The summed E-state index contributed by atoms with van der Waals surface area (Å²) >= 11 is 5.63. The van der Waals surface area contributed by atoms with Crippen LogP contribution in [0.4, 0.5) is 8.78 Å². The first kappa shape index (κ1) is 10.8. The number of benzene rings is 1. The van der Waals surface area contributed by atoms with E-state index in [9.17, 15) is 13.9 Å². The predicted molar refractivity (Wildman–Crippen MR) is 51.0 cm³/mol. The topological polar surface area (TPSA) is 29.5 Å². The van der Waals surface area contributed by atoms with Crippen LogP contribution in [0.5, 0.6) is 0 Å². The van der Waals surface area contributed by atoms with Crippen molar-refractivity contribution in [3.05, 3.63) is 34.6 Å². The quantitative estimate of drug-likeness (QED) is 0.851. The van der Waals surface area contributed by atoms with E-state index in [4.69, 9.17) is 11.6 Å². The molecule has 0 aliphatic carbocycles. The van der Waals surface area contributed by atoms with E-state index in [0.717, 1.165) is 6.07 Å². The maximum atomic E-state index is 13.7. The highest BCUT2D eigenvalue weighted by atomic mass is 35.5. The molecule has 1 atom stereocenters. The van der Waals surface area contributed by atoms with Crippen LogP contribution < -0.4 is 0 Å². The van der Waals surface area contributed by atoms with Crippen LogP contribution in [0, 0.1) is 5.82 Å². The zero-order valence-electron chi connectivity index (χ0n) is 7.71. The number of rotatable bonds is 2. The second-order valence-corrected chi connectivity index (χ2v) is 3.95. The van der Waals surface area contributed by atoms with Gasteiger partial charge in [0.05, 0.1) is 18.2 Å². The lowest BCUT2D eigenvalue weighted by atomic mass is 9.91. The number of aliphatic hydroxyl groups is 1. The van der Waals surface area contributed by atoms with Crippen molar-refractivity contribution in [1.29, 1.82) is 0 Å². The first-order valence-electron chi connectivity index (χ1n) is 4.43. The van der Waals surface area contributed by atoms with Gasteiger partial charge in [0.2, 0.25) is 0 Å². The molecule has 1 aliphatic heterocycles. The molecule has 1 saturated heterocycles. The minimum atomic E-state index is -1.85. The monoisotopic (exact) mass is 234 g/mol. The maximum Gasteiger partial charge on any atom is 0.187 e. The van der Waals surface area contributed by atoms with E-state index >= 15 is 0 Å². The van der Waals surface area contributed by atoms with E-state index in [1.165, 1.54) is 12.1 Å². The number of halogens is 3. The van der Waals surface area contributed by atoms with Crippen LogP contribution in [0.25, 0.3) is 0 Å². The average Bonchev–Trinajstić information content (AvgIpc) is 2.18. The standard InChI is InChI=1S/C10H9ClF2O2/c11-8-6(2-1-3-7(8)12)9(14)10(13)4-15-5-10/h1-3,9,14H,4-5H2. The summed E-state index contributed by atoms with van der Waals surface area (Å²) in [6.07, 6.45) is -1.45. The third kappa shape index (κ3) is 1.73. The van der Waals surface area contributed by atoms with Gasteiger partial charge in [-0.2, -0.15) is 0 Å². The highest BCUT2D eigenvalue weighted by Gasteiger charge is 2.47. The summed E-state index contributed by atoms with van der Waals surface area (Å²) in [5.74, 6) is -0.669. The van der Waals surface area contributed by atoms with Gasteiger partial charge in [-0.15, -0.1) is 0 Å². The fourth-order valence-electron chi connectivity index (χ4n) is 1.47. The molecule has 0 aromatic heterocycles. The van der Waals surface area contributed by atoms with E-state index in [2.05, 4.69) is 4.74 Å². The molecule has 1 fully saturated rings. The largest absolute Gasteiger partial charge is 0.385 e. The van der Waals surface area contributed by atoms with Crippen molar-refractivity contribution in [2.75, 3.05) is 13.2 Å². The Balaban J connectivity index is 2.33. The van der Waals surface area contributed by atoms with Crippen molar-refractivity contribution < 1.29 is 18.6 Å². The van der Waals surface area contributed by atoms with Crippen LogP contribution in [0.3, 0.4) is 0 Å². The normalized spacial score (nSPS) is 20.8. The van der Waals surface area contributed by atoms with Gasteiger partial charge < -0.3 is 9.84 Å². The number of alkyl halides is 1. The number of hydrogen-bond acceptors (Lipinski definition) is 2. The lowest BCUT2D eigenvalue weighted by molar-refractivity contribution is -0.185. The number of aliphatic hydroxyl groups excluding tert-OH is 1. The average molecular weight is 235 g/mol. The summed E-state index contributed by atoms with van der Waals surface area (Å²) in [6.45, 7) is -0.387. The van der Waals surface area contributed by atoms with Gasteiger partial charge in [0.1, 0.15) is 11.9 Å². The van der Waals surface area contributed by atoms with Crippen molar-refractivity contribution in [3.8, 4) is 0 Å². The number of hydrogen-bond donors (Lipinski definition) is 1. The molecule has 1 aromatic rings. The Morgan fingerprint density at radius 3 is 2.67 bits per heavy atom. The zero-order chi connectivity index (χ0) is 11.1. The summed E-state index contributed by atoms with van der Waals surface area (Å²) in [6, 6.07) is 3.93. The number of ether oxygens (including phenoxy) is 1. The predicted octanol–water partition coefficient (Wildman–Crippen LogP) is 2.25. The lowest BCUT2D eigenvalue weighted by Crippen LogP contribution is -2.50. The van der Waals surface area contributed by atoms with E-state index < -0.39 is 17.6 Å². The highest BCUT2D eigenvalue weighted by molar-refractivity contribution is 6.31. The Bertz CT molecular complexity index is 380. The summed E-state index contributed by atoms with van der Waals surface area (Å²) in [7, 11) is 0. The second-order valence-electron chi connectivity index (χ2n) is 3.57. The van der Waals surface area contributed by atoms with E-state index in [0.29, 0.717) is 0 Å². The molecule has 0 saturated carbocycles. The van der Waals surface area contributed by atoms with Crippen LogP contribution in [-0.2, 0) is 4.74 Å². The lowest BCUT2D eigenvalue weighted by Gasteiger charge is -2.37. The van der Waals surface area contributed by atoms with Gasteiger partial charge >= 0.3 is 0 Å². The second kappa shape index (κ2) is 3.70. The molecule has 2 nitrogen and oxygen atoms in total. The molecule has 5 heteroatoms. The van der Waals surface area contributed by atoms with Crippen molar-refractivity contribution in [2.24, 2.45) is 0 Å². The van der Waals surface area contributed by atoms with Gasteiger partial charge in [-0.05, 0) is 6.07 Å². The first-order valence-corrected chi connectivity index (χ1v) is 4.81. The molecule has 2 rings (SSSR count). The molecule has 0 spiro atoms. The highest BCUT2D eigenvalue weighted by Crippen LogP contribution is 2.39. The zero-order valence-corrected chi connectivity index (χ0v) is 8.47. The maximum absolute atomic E-state index is 13.7. The Morgan fingerprint density at radius 1 is 1.47 bits per heavy atom. The molecule has 15 heavy (non-hydrogen) atoms. The van der Waals surface area contributed by atoms with Crippen molar-refractivity contribution >= 4 is 11.6 Å². The van der Waals surface area contributed by atoms with Gasteiger partial charge in [0, 0.05) is 5.56 Å². The first-order chi connectivity index (χ1) is 7.04. The smallest absolute Gasteiger partial charge is 0.187 e. The van der Waals surface area contributed by atoms with Crippen LogP contribution in [0.1, 0.15) is 11.7 Å².